The van der Waals surface area contributed by atoms with Crippen LogP contribution in [0.25, 0.3) is 11.2 Å². The summed E-state index contributed by atoms with van der Waals surface area (Å²) in [5.41, 5.74) is 2.55. The number of benzene rings is 2. The molecular formula is C25H26N8O3. The number of piperazine rings is 1. The van der Waals surface area contributed by atoms with Crippen molar-refractivity contribution in [1.82, 2.24) is 24.4 Å². The molecule has 1 fully saturated rings. The monoisotopic (exact) mass is 486 g/mol. The van der Waals surface area contributed by atoms with Crippen molar-refractivity contribution in [2.24, 2.45) is 0 Å². The summed E-state index contributed by atoms with van der Waals surface area (Å²) in [5, 5.41) is 14.4. The molecule has 1 aliphatic heterocycles. The summed E-state index contributed by atoms with van der Waals surface area (Å²) in [4.78, 5) is 41.6. The number of carbonyl (C=O) groups is 1. The zero-order chi connectivity index (χ0) is 25.1. The quantitative estimate of drug-likeness (QED) is 0.226. The normalized spacial score (nSPS) is 14.2. The SMILES string of the molecule is CCn1cnc2c(Nc3cccc([N+](=O)[O-])c3)nc(N3CCN(CC(=O)c4ccccc4)CC3)nc21. The molecule has 0 bridgehead atoms. The molecule has 4 aromatic rings. The maximum absolute atomic E-state index is 12.6. The number of non-ortho nitro benzene ring substituents is 1. The summed E-state index contributed by atoms with van der Waals surface area (Å²) in [7, 11) is 0. The van der Waals surface area contributed by atoms with E-state index in [1.807, 2.05) is 41.8 Å². The fourth-order valence-electron chi connectivity index (χ4n) is 4.25. The molecule has 3 heterocycles. The van der Waals surface area contributed by atoms with Crippen LogP contribution in [0.3, 0.4) is 0 Å². The van der Waals surface area contributed by atoms with E-state index < -0.39 is 4.92 Å². The van der Waals surface area contributed by atoms with Gasteiger partial charge < -0.3 is 14.8 Å². The first-order valence-electron chi connectivity index (χ1n) is 11.8. The molecular weight excluding hydrogens is 460 g/mol. The minimum Gasteiger partial charge on any atom is -0.338 e. The Balaban J connectivity index is 1.36. The molecule has 2 aromatic carbocycles. The molecule has 11 nitrogen and oxygen atoms in total. The summed E-state index contributed by atoms with van der Waals surface area (Å²) < 4.78 is 1.94. The molecule has 0 saturated carbocycles. The molecule has 5 rings (SSSR count). The van der Waals surface area contributed by atoms with Crippen LogP contribution in [0.5, 0.6) is 0 Å². The van der Waals surface area contributed by atoms with Crippen LogP contribution in [0.1, 0.15) is 17.3 Å². The molecule has 0 spiro atoms. The third kappa shape index (κ3) is 4.86. The van der Waals surface area contributed by atoms with Crippen LogP contribution in [0.4, 0.5) is 23.1 Å². The largest absolute Gasteiger partial charge is 0.338 e. The van der Waals surface area contributed by atoms with Crippen LogP contribution in [0, 0.1) is 10.1 Å². The molecule has 1 aliphatic rings. The van der Waals surface area contributed by atoms with E-state index in [1.54, 1.807) is 18.5 Å². The number of hydrogen-bond donors (Lipinski definition) is 1. The highest BCUT2D eigenvalue weighted by atomic mass is 16.6. The van der Waals surface area contributed by atoms with Crippen LogP contribution in [-0.4, -0.2) is 67.8 Å². The van der Waals surface area contributed by atoms with E-state index in [0.29, 0.717) is 67.9 Å². The number of nitro groups is 1. The molecule has 184 valence electrons. The second kappa shape index (κ2) is 10.1. The lowest BCUT2D eigenvalue weighted by Gasteiger charge is -2.34. The van der Waals surface area contributed by atoms with Gasteiger partial charge in [-0.2, -0.15) is 9.97 Å². The number of hydrogen-bond acceptors (Lipinski definition) is 9. The van der Waals surface area contributed by atoms with E-state index >= 15 is 0 Å². The van der Waals surface area contributed by atoms with Crippen molar-refractivity contribution >= 4 is 40.1 Å². The summed E-state index contributed by atoms with van der Waals surface area (Å²) in [6.45, 7) is 5.84. The molecule has 0 radical (unpaired) electrons. The van der Waals surface area contributed by atoms with Gasteiger partial charge >= 0.3 is 0 Å². The van der Waals surface area contributed by atoms with Gasteiger partial charge in [0.2, 0.25) is 5.95 Å². The second-order valence-electron chi connectivity index (χ2n) is 8.56. The number of rotatable bonds is 8. The van der Waals surface area contributed by atoms with E-state index in [0.717, 1.165) is 5.56 Å². The zero-order valence-corrected chi connectivity index (χ0v) is 19.9. The molecule has 0 aliphatic carbocycles. The lowest BCUT2D eigenvalue weighted by molar-refractivity contribution is -0.384. The van der Waals surface area contributed by atoms with Gasteiger partial charge in [-0.05, 0) is 13.0 Å². The summed E-state index contributed by atoms with van der Waals surface area (Å²) in [6.07, 6.45) is 1.72. The maximum atomic E-state index is 12.6. The van der Waals surface area contributed by atoms with Crippen LogP contribution in [-0.2, 0) is 6.54 Å². The van der Waals surface area contributed by atoms with Gasteiger partial charge in [-0.3, -0.25) is 19.8 Å². The minimum atomic E-state index is -0.431. The number of imidazole rings is 1. The number of anilines is 3. The Morgan fingerprint density at radius 1 is 1.06 bits per heavy atom. The fourth-order valence-corrected chi connectivity index (χ4v) is 4.25. The lowest BCUT2D eigenvalue weighted by Crippen LogP contribution is -2.48. The molecule has 1 saturated heterocycles. The average Bonchev–Trinajstić information content (AvgIpc) is 3.33. The predicted octanol–water partition coefficient (Wildman–Crippen LogP) is 3.50. The van der Waals surface area contributed by atoms with Crippen molar-refractivity contribution in [3.63, 3.8) is 0 Å². The highest BCUT2D eigenvalue weighted by molar-refractivity contribution is 5.97. The van der Waals surface area contributed by atoms with Crippen molar-refractivity contribution in [2.75, 3.05) is 42.9 Å². The highest BCUT2D eigenvalue weighted by Crippen LogP contribution is 2.27. The van der Waals surface area contributed by atoms with Gasteiger partial charge in [-0.25, -0.2) is 4.98 Å². The first-order valence-corrected chi connectivity index (χ1v) is 11.8. The molecule has 2 aromatic heterocycles. The lowest BCUT2D eigenvalue weighted by atomic mass is 10.1. The first kappa shape index (κ1) is 23.4. The average molecular weight is 487 g/mol. The van der Waals surface area contributed by atoms with Crippen molar-refractivity contribution < 1.29 is 9.72 Å². The fraction of sp³-hybridized carbons (Fsp3) is 0.280. The number of carbonyl (C=O) groups excluding carboxylic acids is 1. The Morgan fingerprint density at radius 3 is 2.56 bits per heavy atom. The van der Waals surface area contributed by atoms with Gasteiger partial charge in [0.1, 0.15) is 0 Å². The van der Waals surface area contributed by atoms with E-state index in [1.165, 1.54) is 12.1 Å². The molecule has 0 unspecified atom stereocenters. The number of aryl methyl sites for hydroxylation is 1. The second-order valence-corrected chi connectivity index (χ2v) is 8.56. The number of fused-ring (bicyclic) bond motifs is 1. The highest BCUT2D eigenvalue weighted by Gasteiger charge is 2.23. The maximum Gasteiger partial charge on any atom is 0.271 e. The van der Waals surface area contributed by atoms with Crippen molar-refractivity contribution in [2.45, 2.75) is 13.5 Å². The Labute approximate surface area is 207 Å². The van der Waals surface area contributed by atoms with Gasteiger partial charge in [0.05, 0.1) is 17.8 Å². The standard InChI is InChI=1S/C25H26N8O3/c1-2-31-17-26-22-23(27-19-9-6-10-20(15-19)33(35)36)28-25(29-24(22)31)32-13-11-30(12-14-32)16-21(34)18-7-4-3-5-8-18/h3-10,15,17H,2,11-14,16H2,1H3,(H,27,28,29). The van der Waals surface area contributed by atoms with Crippen LogP contribution in [0.2, 0.25) is 0 Å². The van der Waals surface area contributed by atoms with Crippen molar-refractivity contribution in [3.05, 3.63) is 76.6 Å². The third-order valence-electron chi connectivity index (χ3n) is 6.23. The molecule has 0 atom stereocenters. The van der Waals surface area contributed by atoms with Crippen LogP contribution >= 0.6 is 0 Å². The first-order chi connectivity index (χ1) is 17.5. The zero-order valence-electron chi connectivity index (χ0n) is 19.9. The number of nitrogens with one attached hydrogen (secondary N) is 1. The summed E-state index contributed by atoms with van der Waals surface area (Å²) in [5.74, 6) is 1.15. The van der Waals surface area contributed by atoms with Gasteiger partial charge in [0.25, 0.3) is 5.69 Å². The predicted molar refractivity (Wildman–Crippen MR) is 137 cm³/mol. The number of nitrogens with zero attached hydrogens (tertiary/aromatic N) is 7. The molecule has 36 heavy (non-hydrogen) atoms. The van der Waals surface area contributed by atoms with Crippen molar-refractivity contribution in [3.8, 4) is 0 Å². The van der Waals surface area contributed by atoms with Gasteiger partial charge in [0, 0.05) is 56.1 Å². The van der Waals surface area contributed by atoms with E-state index in [9.17, 15) is 14.9 Å². The van der Waals surface area contributed by atoms with E-state index in [4.69, 9.17) is 9.97 Å². The Hall–Kier alpha value is -4.38. The van der Waals surface area contributed by atoms with Gasteiger partial charge in [-0.1, -0.05) is 36.4 Å². The topological polar surface area (TPSA) is 122 Å². The Bertz CT molecular complexity index is 1400. The minimum absolute atomic E-state index is 0.00853. The number of aromatic nitrogens is 4. The molecule has 11 heteroatoms. The number of ketones is 1. The Kier molecular flexibility index (Phi) is 6.54. The van der Waals surface area contributed by atoms with Crippen molar-refractivity contribution in [1.29, 1.82) is 0 Å². The smallest absolute Gasteiger partial charge is 0.271 e. The van der Waals surface area contributed by atoms with Crippen LogP contribution in [0.15, 0.2) is 60.9 Å². The van der Waals surface area contributed by atoms with Crippen LogP contribution < -0.4 is 10.2 Å². The third-order valence-corrected chi connectivity index (χ3v) is 6.23. The van der Waals surface area contributed by atoms with Gasteiger partial charge in [0.15, 0.2) is 22.8 Å². The van der Waals surface area contributed by atoms with E-state index in [-0.39, 0.29) is 11.5 Å². The Morgan fingerprint density at radius 2 is 1.83 bits per heavy atom. The number of Topliss-reactive ketones (excluding diaryl/α,β-unsaturated/α-hetero) is 1. The summed E-state index contributed by atoms with van der Waals surface area (Å²) in [6, 6.07) is 15.6. The van der Waals surface area contributed by atoms with Gasteiger partial charge in [-0.15, -0.1) is 0 Å². The van der Waals surface area contributed by atoms with E-state index in [2.05, 4.69) is 20.1 Å². The summed E-state index contributed by atoms with van der Waals surface area (Å²) >= 11 is 0. The number of nitro benzene ring substituents is 1. The molecule has 1 N–H and O–H groups in total. The molecule has 0 amide bonds.